The summed E-state index contributed by atoms with van der Waals surface area (Å²) < 4.78 is 0. The van der Waals surface area contributed by atoms with Crippen LogP contribution in [0.25, 0.3) is 6.08 Å². The Kier molecular flexibility index (Phi) is 11.3. The number of carbonyl (C=O) groups excluding carboxylic acids is 3. The van der Waals surface area contributed by atoms with E-state index in [4.69, 9.17) is 34.8 Å². The molecule has 1 atom stereocenters. The fourth-order valence-corrected chi connectivity index (χ4v) is 5.66. The number of anilines is 2. The SMILES string of the molecule is CCC(Sc1cccc(NC(=O)/C(=C\c2ccc(Cl)cc2Cl)NC(=O)c2ccccc2)c1)C(=O)Nc1cccc(Cl)c1C. The zero-order chi connectivity index (χ0) is 30.9. The molecule has 0 aliphatic rings. The second kappa shape index (κ2) is 15.1. The van der Waals surface area contributed by atoms with Gasteiger partial charge in [0.15, 0.2) is 0 Å². The molecule has 0 aliphatic heterocycles. The Balaban J connectivity index is 1.53. The van der Waals surface area contributed by atoms with E-state index in [-0.39, 0.29) is 11.6 Å². The largest absolute Gasteiger partial charge is 0.325 e. The second-order valence-electron chi connectivity index (χ2n) is 9.44. The van der Waals surface area contributed by atoms with Crippen molar-refractivity contribution in [3.8, 4) is 0 Å². The van der Waals surface area contributed by atoms with Gasteiger partial charge in [-0.3, -0.25) is 14.4 Å². The molecule has 4 aromatic carbocycles. The summed E-state index contributed by atoms with van der Waals surface area (Å²) in [6.45, 7) is 3.78. The maximum Gasteiger partial charge on any atom is 0.272 e. The highest BCUT2D eigenvalue weighted by Gasteiger charge is 2.20. The molecule has 1 unspecified atom stereocenters. The van der Waals surface area contributed by atoms with Crippen LogP contribution < -0.4 is 16.0 Å². The van der Waals surface area contributed by atoms with Gasteiger partial charge in [-0.05, 0) is 85.1 Å². The summed E-state index contributed by atoms with van der Waals surface area (Å²) in [4.78, 5) is 40.3. The minimum absolute atomic E-state index is 0.0150. The second-order valence-corrected chi connectivity index (χ2v) is 12.0. The molecular formula is C33H28Cl3N3O3S. The fraction of sp³-hybridized carbons (Fsp3) is 0.121. The molecule has 0 saturated carbocycles. The number of nitrogens with one attached hydrogen (secondary N) is 3. The first-order valence-corrected chi connectivity index (χ1v) is 15.3. The molecule has 10 heteroatoms. The van der Waals surface area contributed by atoms with Gasteiger partial charge in [-0.2, -0.15) is 0 Å². The molecule has 3 amide bonds. The van der Waals surface area contributed by atoms with Crippen LogP contribution in [0.5, 0.6) is 0 Å². The molecule has 0 bridgehead atoms. The maximum atomic E-state index is 13.5. The minimum Gasteiger partial charge on any atom is -0.325 e. The van der Waals surface area contributed by atoms with Crippen LogP contribution in [0.4, 0.5) is 11.4 Å². The highest BCUT2D eigenvalue weighted by atomic mass is 35.5. The van der Waals surface area contributed by atoms with Crippen LogP contribution >= 0.6 is 46.6 Å². The first kappa shape index (κ1) is 32.2. The molecular weight excluding hydrogens is 625 g/mol. The minimum atomic E-state index is -0.557. The van der Waals surface area contributed by atoms with Crippen molar-refractivity contribution >= 4 is 81.7 Å². The average Bonchev–Trinajstić information content (AvgIpc) is 2.99. The lowest BCUT2D eigenvalue weighted by Crippen LogP contribution is -2.30. The van der Waals surface area contributed by atoms with E-state index in [0.717, 1.165) is 10.5 Å². The highest BCUT2D eigenvalue weighted by molar-refractivity contribution is 8.00. The number of amides is 3. The molecule has 0 fully saturated rings. The predicted molar refractivity (Wildman–Crippen MR) is 178 cm³/mol. The summed E-state index contributed by atoms with van der Waals surface area (Å²) in [6.07, 6.45) is 2.07. The third-order valence-electron chi connectivity index (χ3n) is 6.35. The lowest BCUT2D eigenvalue weighted by molar-refractivity contribution is -0.116. The van der Waals surface area contributed by atoms with E-state index in [1.54, 1.807) is 78.9 Å². The van der Waals surface area contributed by atoms with Crippen molar-refractivity contribution in [3.05, 3.63) is 128 Å². The molecule has 0 saturated heterocycles. The first-order valence-electron chi connectivity index (χ1n) is 13.3. The monoisotopic (exact) mass is 651 g/mol. The van der Waals surface area contributed by atoms with E-state index in [1.807, 2.05) is 26.0 Å². The molecule has 0 radical (unpaired) electrons. The molecule has 6 nitrogen and oxygen atoms in total. The summed E-state index contributed by atoms with van der Waals surface area (Å²) in [5, 5.41) is 9.46. The van der Waals surface area contributed by atoms with E-state index >= 15 is 0 Å². The number of hydrogen-bond donors (Lipinski definition) is 3. The Morgan fingerprint density at radius 3 is 2.30 bits per heavy atom. The lowest BCUT2D eigenvalue weighted by atomic mass is 10.1. The number of rotatable bonds is 10. The average molecular weight is 653 g/mol. The van der Waals surface area contributed by atoms with Crippen LogP contribution in [-0.2, 0) is 9.59 Å². The Labute approximate surface area is 269 Å². The number of thioether (sulfide) groups is 1. The lowest BCUT2D eigenvalue weighted by Gasteiger charge is -2.17. The van der Waals surface area contributed by atoms with Gasteiger partial charge >= 0.3 is 0 Å². The summed E-state index contributed by atoms with van der Waals surface area (Å²) >= 11 is 20.0. The Morgan fingerprint density at radius 2 is 1.58 bits per heavy atom. The van der Waals surface area contributed by atoms with Crippen LogP contribution in [-0.4, -0.2) is 23.0 Å². The Hall–Kier alpha value is -3.75. The van der Waals surface area contributed by atoms with Crippen LogP contribution in [0.15, 0.2) is 102 Å². The summed E-state index contributed by atoms with van der Waals surface area (Å²) in [7, 11) is 0. The van der Waals surface area contributed by atoms with Gasteiger partial charge in [0.2, 0.25) is 5.91 Å². The van der Waals surface area contributed by atoms with E-state index in [9.17, 15) is 14.4 Å². The van der Waals surface area contributed by atoms with Crippen molar-refractivity contribution in [1.82, 2.24) is 5.32 Å². The van der Waals surface area contributed by atoms with Crippen molar-refractivity contribution in [2.75, 3.05) is 10.6 Å². The van der Waals surface area contributed by atoms with E-state index < -0.39 is 17.1 Å². The third-order valence-corrected chi connectivity index (χ3v) is 8.68. The standard InChI is InChI=1S/C33H28Cl3N3O3S/c1-3-30(33(42)38-28-14-8-13-26(35)20(28)2)43-25-12-7-11-24(19-25)37-32(41)29(17-22-15-16-23(34)18-27(22)36)39-31(40)21-9-5-4-6-10-21/h4-19,30H,3H2,1-2H3,(H,37,41)(H,38,42)(H,39,40)/b29-17+. The number of hydrogen-bond acceptors (Lipinski definition) is 4. The third kappa shape index (κ3) is 8.88. The van der Waals surface area contributed by atoms with Crippen molar-refractivity contribution in [1.29, 1.82) is 0 Å². The van der Waals surface area contributed by atoms with Gasteiger partial charge in [-0.25, -0.2) is 0 Å². The smallest absolute Gasteiger partial charge is 0.272 e. The molecule has 0 aromatic heterocycles. The molecule has 0 heterocycles. The predicted octanol–water partition coefficient (Wildman–Crippen LogP) is 8.87. The summed E-state index contributed by atoms with van der Waals surface area (Å²) in [6, 6.07) is 25.9. The molecule has 0 spiro atoms. The van der Waals surface area contributed by atoms with Gasteiger partial charge in [0.1, 0.15) is 5.70 Å². The summed E-state index contributed by atoms with van der Waals surface area (Å²) in [5.41, 5.74) is 2.82. The van der Waals surface area contributed by atoms with Gasteiger partial charge in [-0.1, -0.05) is 78.1 Å². The van der Waals surface area contributed by atoms with Gasteiger partial charge in [0.25, 0.3) is 11.8 Å². The van der Waals surface area contributed by atoms with Crippen LogP contribution in [0.3, 0.4) is 0 Å². The van der Waals surface area contributed by atoms with Crippen LogP contribution in [0.2, 0.25) is 15.1 Å². The van der Waals surface area contributed by atoms with Crippen molar-refractivity contribution in [3.63, 3.8) is 0 Å². The maximum absolute atomic E-state index is 13.5. The van der Waals surface area contributed by atoms with Crippen LogP contribution in [0, 0.1) is 6.92 Å². The highest BCUT2D eigenvalue weighted by Crippen LogP contribution is 2.30. The first-order chi connectivity index (χ1) is 20.6. The van der Waals surface area contributed by atoms with Crippen molar-refractivity contribution in [2.24, 2.45) is 0 Å². The molecule has 0 aliphatic carbocycles. The van der Waals surface area contributed by atoms with Gasteiger partial charge in [-0.15, -0.1) is 11.8 Å². The molecule has 3 N–H and O–H groups in total. The van der Waals surface area contributed by atoms with E-state index in [1.165, 1.54) is 17.8 Å². The number of halogens is 3. The fourth-order valence-electron chi connectivity index (χ4n) is 4.00. The van der Waals surface area contributed by atoms with E-state index in [0.29, 0.717) is 44.0 Å². The summed E-state index contributed by atoms with van der Waals surface area (Å²) in [5.74, 6) is -1.16. The Morgan fingerprint density at radius 1 is 0.837 bits per heavy atom. The molecule has 220 valence electrons. The molecule has 4 rings (SSSR count). The normalized spacial score (nSPS) is 11.9. The Bertz CT molecular complexity index is 1680. The topological polar surface area (TPSA) is 87.3 Å². The number of benzene rings is 4. The van der Waals surface area contributed by atoms with Crippen LogP contribution in [0.1, 0.15) is 34.8 Å². The van der Waals surface area contributed by atoms with Gasteiger partial charge < -0.3 is 16.0 Å². The molecule has 4 aromatic rings. The zero-order valence-electron chi connectivity index (χ0n) is 23.3. The van der Waals surface area contributed by atoms with E-state index in [2.05, 4.69) is 16.0 Å². The molecule has 43 heavy (non-hydrogen) atoms. The quantitative estimate of drug-likeness (QED) is 0.118. The zero-order valence-corrected chi connectivity index (χ0v) is 26.4. The van der Waals surface area contributed by atoms with Gasteiger partial charge in [0.05, 0.1) is 5.25 Å². The van der Waals surface area contributed by atoms with Crippen molar-refractivity contribution in [2.45, 2.75) is 30.4 Å². The van der Waals surface area contributed by atoms with Gasteiger partial charge in [0, 0.05) is 36.9 Å². The van der Waals surface area contributed by atoms with Crippen molar-refractivity contribution < 1.29 is 14.4 Å². The number of carbonyl (C=O) groups is 3.